The summed E-state index contributed by atoms with van der Waals surface area (Å²) in [5.41, 5.74) is 1.07. The average molecular weight is 361 g/mol. The normalized spacial score (nSPS) is 10.6. The van der Waals surface area contributed by atoms with Crippen LogP contribution in [0.3, 0.4) is 0 Å². The van der Waals surface area contributed by atoms with Crippen LogP contribution in [0.1, 0.15) is 25.8 Å². The quantitative estimate of drug-likeness (QED) is 0.842. The van der Waals surface area contributed by atoms with E-state index in [0.29, 0.717) is 11.3 Å². The lowest BCUT2D eigenvalue weighted by molar-refractivity contribution is -0.137. The number of carboxylic acids is 1. The molecule has 1 aromatic rings. The first-order valence-corrected chi connectivity index (χ1v) is 7.26. The summed E-state index contributed by atoms with van der Waals surface area (Å²) in [7, 11) is 0. The van der Waals surface area contributed by atoms with Gasteiger partial charge in [-0.25, -0.2) is 9.18 Å². The minimum absolute atomic E-state index is 0.111. The van der Waals surface area contributed by atoms with Crippen LogP contribution in [-0.2, 0) is 4.79 Å². The standard InChI is InChI=1S/C14H18BrFN2O3/c1-8(2)18(5-4-13(19)20)14(21)17-12-7-10(15)11(16)6-9(12)3/h6-8H,4-5H2,1-3H3,(H,17,21)(H,19,20). The molecule has 1 rings (SSSR count). The Morgan fingerprint density at radius 1 is 1.43 bits per heavy atom. The molecule has 0 unspecified atom stereocenters. The maximum absolute atomic E-state index is 13.4. The van der Waals surface area contributed by atoms with Gasteiger partial charge >= 0.3 is 12.0 Å². The number of hydrogen-bond donors (Lipinski definition) is 2. The predicted octanol–water partition coefficient (Wildman–Crippen LogP) is 3.61. The van der Waals surface area contributed by atoms with Crippen molar-refractivity contribution in [3.63, 3.8) is 0 Å². The minimum atomic E-state index is -0.964. The lowest BCUT2D eigenvalue weighted by Gasteiger charge is -2.26. The molecule has 0 radical (unpaired) electrons. The second kappa shape index (κ2) is 7.40. The van der Waals surface area contributed by atoms with Crippen LogP contribution in [0.2, 0.25) is 0 Å². The van der Waals surface area contributed by atoms with Crippen molar-refractivity contribution in [2.24, 2.45) is 0 Å². The third kappa shape index (κ3) is 5.00. The number of benzene rings is 1. The number of hydrogen-bond acceptors (Lipinski definition) is 2. The van der Waals surface area contributed by atoms with Gasteiger partial charge in [-0.1, -0.05) is 0 Å². The van der Waals surface area contributed by atoms with Crippen molar-refractivity contribution >= 4 is 33.6 Å². The van der Waals surface area contributed by atoms with Gasteiger partial charge in [0.1, 0.15) is 5.82 Å². The lowest BCUT2D eigenvalue weighted by Crippen LogP contribution is -2.41. The highest BCUT2D eigenvalue weighted by atomic mass is 79.9. The minimum Gasteiger partial charge on any atom is -0.481 e. The maximum Gasteiger partial charge on any atom is 0.322 e. The van der Waals surface area contributed by atoms with E-state index in [9.17, 15) is 14.0 Å². The fourth-order valence-corrected chi connectivity index (χ4v) is 2.12. The van der Waals surface area contributed by atoms with E-state index >= 15 is 0 Å². The number of rotatable bonds is 5. The van der Waals surface area contributed by atoms with E-state index in [2.05, 4.69) is 21.2 Å². The molecule has 0 aliphatic heterocycles. The number of aliphatic carboxylic acids is 1. The Kier molecular flexibility index (Phi) is 6.14. The van der Waals surface area contributed by atoms with Gasteiger partial charge in [-0.3, -0.25) is 4.79 Å². The molecule has 0 saturated heterocycles. The Morgan fingerprint density at radius 3 is 2.57 bits per heavy atom. The van der Waals surface area contributed by atoms with Crippen LogP contribution in [-0.4, -0.2) is 34.6 Å². The van der Waals surface area contributed by atoms with Crippen LogP contribution in [0.5, 0.6) is 0 Å². The van der Waals surface area contributed by atoms with E-state index in [0.717, 1.165) is 0 Å². The fraction of sp³-hybridized carbons (Fsp3) is 0.429. The van der Waals surface area contributed by atoms with Crippen molar-refractivity contribution in [1.29, 1.82) is 0 Å². The summed E-state index contributed by atoms with van der Waals surface area (Å²) in [6.07, 6.45) is -0.127. The Morgan fingerprint density at radius 2 is 2.05 bits per heavy atom. The Bertz CT molecular complexity index is 549. The first-order valence-electron chi connectivity index (χ1n) is 6.47. The van der Waals surface area contributed by atoms with Crippen molar-refractivity contribution in [1.82, 2.24) is 4.90 Å². The Hall–Kier alpha value is -1.63. The number of carbonyl (C=O) groups is 2. The molecule has 5 nitrogen and oxygen atoms in total. The number of halogens is 2. The molecule has 2 N–H and O–H groups in total. The number of amides is 2. The summed E-state index contributed by atoms with van der Waals surface area (Å²) in [6, 6.07) is 2.25. The zero-order chi connectivity index (χ0) is 16.2. The number of urea groups is 1. The van der Waals surface area contributed by atoms with Crippen molar-refractivity contribution in [2.45, 2.75) is 33.2 Å². The van der Waals surface area contributed by atoms with Gasteiger partial charge in [0.2, 0.25) is 0 Å². The second-order valence-electron chi connectivity index (χ2n) is 4.94. The predicted molar refractivity (Wildman–Crippen MR) is 82.0 cm³/mol. The Labute approximate surface area is 131 Å². The van der Waals surface area contributed by atoms with Crippen LogP contribution in [0.25, 0.3) is 0 Å². The molecule has 0 saturated carbocycles. The molecule has 116 valence electrons. The molecule has 0 aromatic heterocycles. The first-order chi connectivity index (χ1) is 9.72. The van der Waals surface area contributed by atoms with Gasteiger partial charge in [0, 0.05) is 18.3 Å². The highest BCUT2D eigenvalue weighted by Gasteiger charge is 2.19. The van der Waals surface area contributed by atoms with Gasteiger partial charge in [-0.2, -0.15) is 0 Å². The molecule has 0 aliphatic carbocycles. The monoisotopic (exact) mass is 360 g/mol. The summed E-state index contributed by atoms with van der Waals surface area (Å²) < 4.78 is 13.6. The van der Waals surface area contributed by atoms with E-state index in [1.165, 1.54) is 17.0 Å². The summed E-state index contributed by atoms with van der Waals surface area (Å²) in [5, 5.41) is 11.4. The molecular formula is C14H18BrFN2O3. The molecule has 0 heterocycles. The number of nitrogens with zero attached hydrogens (tertiary/aromatic N) is 1. The summed E-state index contributed by atoms with van der Waals surface area (Å²) in [5.74, 6) is -1.37. The van der Waals surface area contributed by atoms with E-state index in [1.54, 1.807) is 20.8 Å². The molecule has 21 heavy (non-hydrogen) atoms. The van der Waals surface area contributed by atoms with Gasteiger partial charge < -0.3 is 15.3 Å². The molecule has 0 atom stereocenters. The molecule has 0 bridgehead atoms. The molecular weight excluding hydrogens is 343 g/mol. The van der Waals surface area contributed by atoms with Crippen LogP contribution in [0.4, 0.5) is 14.9 Å². The van der Waals surface area contributed by atoms with Crippen molar-refractivity contribution < 1.29 is 19.1 Å². The van der Waals surface area contributed by atoms with E-state index in [-0.39, 0.29) is 23.5 Å². The molecule has 1 aromatic carbocycles. The van der Waals surface area contributed by atoms with Crippen molar-refractivity contribution in [3.8, 4) is 0 Å². The number of nitrogens with one attached hydrogen (secondary N) is 1. The zero-order valence-electron chi connectivity index (χ0n) is 12.1. The third-order valence-electron chi connectivity index (χ3n) is 2.96. The SMILES string of the molecule is Cc1cc(F)c(Br)cc1NC(=O)N(CCC(=O)O)C(C)C. The number of anilines is 1. The summed E-state index contributed by atoms with van der Waals surface area (Å²) in [6.45, 7) is 5.39. The van der Waals surface area contributed by atoms with Gasteiger partial charge in [0.15, 0.2) is 0 Å². The van der Waals surface area contributed by atoms with Crippen LogP contribution < -0.4 is 5.32 Å². The zero-order valence-corrected chi connectivity index (χ0v) is 13.7. The second-order valence-corrected chi connectivity index (χ2v) is 5.80. The first kappa shape index (κ1) is 17.4. The van der Waals surface area contributed by atoms with Crippen molar-refractivity contribution in [2.75, 3.05) is 11.9 Å². The topological polar surface area (TPSA) is 69.6 Å². The van der Waals surface area contributed by atoms with Gasteiger partial charge in [0.05, 0.1) is 10.9 Å². The molecule has 0 fully saturated rings. The van der Waals surface area contributed by atoms with Gasteiger partial charge in [-0.05, 0) is 54.4 Å². The van der Waals surface area contributed by atoms with E-state index in [1.807, 2.05) is 0 Å². The molecule has 2 amide bonds. The van der Waals surface area contributed by atoms with E-state index in [4.69, 9.17) is 5.11 Å². The number of carbonyl (C=O) groups excluding carboxylic acids is 1. The smallest absolute Gasteiger partial charge is 0.322 e. The lowest BCUT2D eigenvalue weighted by atomic mass is 10.2. The molecule has 0 aliphatic rings. The third-order valence-corrected chi connectivity index (χ3v) is 3.57. The largest absolute Gasteiger partial charge is 0.481 e. The van der Waals surface area contributed by atoms with Gasteiger partial charge in [-0.15, -0.1) is 0 Å². The summed E-state index contributed by atoms with van der Waals surface area (Å²) >= 11 is 3.07. The van der Waals surface area contributed by atoms with Crippen molar-refractivity contribution in [3.05, 3.63) is 28.0 Å². The molecule has 7 heteroatoms. The van der Waals surface area contributed by atoms with Crippen LogP contribution in [0.15, 0.2) is 16.6 Å². The Balaban J connectivity index is 2.86. The summed E-state index contributed by atoms with van der Waals surface area (Å²) in [4.78, 5) is 24.3. The highest BCUT2D eigenvalue weighted by molar-refractivity contribution is 9.10. The number of carboxylic acid groups (broad SMARTS) is 1. The highest BCUT2D eigenvalue weighted by Crippen LogP contribution is 2.24. The average Bonchev–Trinajstić information content (AvgIpc) is 2.35. The number of aryl methyl sites for hydroxylation is 1. The molecule has 0 spiro atoms. The van der Waals surface area contributed by atoms with Crippen LogP contribution >= 0.6 is 15.9 Å². The maximum atomic E-state index is 13.4. The fourth-order valence-electron chi connectivity index (χ4n) is 1.78. The van der Waals surface area contributed by atoms with Gasteiger partial charge in [0.25, 0.3) is 0 Å². The van der Waals surface area contributed by atoms with E-state index < -0.39 is 17.8 Å². The van der Waals surface area contributed by atoms with Crippen LogP contribution in [0, 0.1) is 12.7 Å².